The maximum atomic E-state index is 12.4. The van der Waals surface area contributed by atoms with Crippen LogP contribution in [-0.2, 0) is 4.74 Å². The Labute approximate surface area is 175 Å². The van der Waals surface area contributed by atoms with Crippen LogP contribution in [0.4, 0.5) is 11.4 Å². The second kappa shape index (κ2) is 9.01. The quantitative estimate of drug-likeness (QED) is 0.350. The molecule has 0 fully saturated rings. The molecule has 30 heavy (non-hydrogen) atoms. The number of pyridine rings is 1. The van der Waals surface area contributed by atoms with E-state index in [0.717, 1.165) is 6.07 Å². The first-order valence-electron chi connectivity index (χ1n) is 8.45. The molecule has 2 aromatic carbocycles. The predicted octanol–water partition coefficient (Wildman–Crippen LogP) is 4.47. The minimum atomic E-state index is -0.606. The van der Waals surface area contributed by atoms with Crippen molar-refractivity contribution in [1.29, 1.82) is 0 Å². The second-order valence-electron chi connectivity index (χ2n) is 5.88. The SMILES string of the molecule is COC(=O)c1ccc(Oc2ccc(NC(=O)c3cc([N+](=O)[O-])ccc3Cl)cc2)nc1. The number of anilines is 1. The zero-order chi connectivity index (χ0) is 21.7. The Hall–Kier alpha value is -3.98. The number of rotatable bonds is 6. The predicted molar refractivity (Wildman–Crippen MR) is 108 cm³/mol. The Bertz CT molecular complexity index is 1100. The molecule has 0 atom stereocenters. The lowest BCUT2D eigenvalue weighted by atomic mass is 10.2. The van der Waals surface area contributed by atoms with Crippen molar-refractivity contribution in [2.24, 2.45) is 0 Å². The number of hydrogen-bond acceptors (Lipinski definition) is 7. The van der Waals surface area contributed by atoms with E-state index in [4.69, 9.17) is 16.3 Å². The number of methoxy groups -OCH3 is 1. The Morgan fingerprint density at radius 2 is 1.83 bits per heavy atom. The van der Waals surface area contributed by atoms with E-state index in [9.17, 15) is 19.7 Å². The number of hydrogen-bond donors (Lipinski definition) is 1. The third-order valence-electron chi connectivity index (χ3n) is 3.90. The summed E-state index contributed by atoms with van der Waals surface area (Å²) in [6.45, 7) is 0. The standard InChI is InChI=1S/C20H14ClN3O6/c1-29-20(26)12-2-9-18(22-11-12)30-15-6-3-13(4-7-15)23-19(25)16-10-14(24(27)28)5-8-17(16)21/h2-11H,1H3,(H,23,25). The number of nitrogens with one attached hydrogen (secondary N) is 1. The summed E-state index contributed by atoms with van der Waals surface area (Å²) < 4.78 is 10.2. The van der Waals surface area contributed by atoms with E-state index in [0.29, 0.717) is 17.0 Å². The van der Waals surface area contributed by atoms with Crippen LogP contribution < -0.4 is 10.1 Å². The van der Waals surface area contributed by atoms with Gasteiger partial charge in [0.15, 0.2) is 0 Å². The number of aromatic nitrogens is 1. The van der Waals surface area contributed by atoms with Crippen LogP contribution >= 0.6 is 11.6 Å². The number of halogens is 1. The van der Waals surface area contributed by atoms with Crippen molar-refractivity contribution < 1.29 is 24.0 Å². The van der Waals surface area contributed by atoms with Crippen LogP contribution in [0.1, 0.15) is 20.7 Å². The number of non-ortho nitro benzene ring substituents is 1. The molecular formula is C20H14ClN3O6. The van der Waals surface area contributed by atoms with Crippen molar-refractivity contribution in [3.63, 3.8) is 0 Å². The van der Waals surface area contributed by atoms with Gasteiger partial charge in [-0.05, 0) is 36.4 Å². The number of esters is 1. The van der Waals surface area contributed by atoms with Gasteiger partial charge in [0, 0.05) is 30.1 Å². The number of ether oxygens (including phenoxy) is 2. The van der Waals surface area contributed by atoms with Gasteiger partial charge in [-0.25, -0.2) is 9.78 Å². The van der Waals surface area contributed by atoms with Gasteiger partial charge in [0.2, 0.25) is 5.88 Å². The lowest BCUT2D eigenvalue weighted by Crippen LogP contribution is -2.12. The monoisotopic (exact) mass is 427 g/mol. The lowest BCUT2D eigenvalue weighted by Gasteiger charge is -2.09. The molecule has 3 rings (SSSR count). The van der Waals surface area contributed by atoms with Crippen LogP contribution in [0, 0.1) is 10.1 Å². The van der Waals surface area contributed by atoms with Crippen LogP contribution in [0.5, 0.6) is 11.6 Å². The van der Waals surface area contributed by atoms with E-state index in [-0.39, 0.29) is 22.2 Å². The molecule has 0 aliphatic carbocycles. The van der Waals surface area contributed by atoms with Gasteiger partial charge >= 0.3 is 5.97 Å². The van der Waals surface area contributed by atoms with Gasteiger partial charge in [-0.2, -0.15) is 0 Å². The lowest BCUT2D eigenvalue weighted by molar-refractivity contribution is -0.384. The first-order chi connectivity index (χ1) is 14.4. The molecule has 0 aliphatic heterocycles. The Kier molecular flexibility index (Phi) is 6.23. The highest BCUT2D eigenvalue weighted by Gasteiger charge is 2.16. The van der Waals surface area contributed by atoms with E-state index in [2.05, 4.69) is 15.0 Å². The molecule has 1 heterocycles. The van der Waals surface area contributed by atoms with Crippen LogP contribution in [0.15, 0.2) is 60.8 Å². The van der Waals surface area contributed by atoms with Gasteiger partial charge < -0.3 is 14.8 Å². The molecule has 1 N–H and O–H groups in total. The first-order valence-corrected chi connectivity index (χ1v) is 8.83. The maximum Gasteiger partial charge on any atom is 0.339 e. The minimum absolute atomic E-state index is 0.0129. The van der Waals surface area contributed by atoms with Gasteiger partial charge in [0.05, 0.1) is 28.2 Å². The highest BCUT2D eigenvalue weighted by Crippen LogP contribution is 2.25. The molecular weight excluding hydrogens is 414 g/mol. The van der Waals surface area contributed by atoms with E-state index in [1.165, 1.54) is 37.6 Å². The largest absolute Gasteiger partial charge is 0.465 e. The minimum Gasteiger partial charge on any atom is -0.465 e. The van der Waals surface area contributed by atoms with Gasteiger partial charge in [0.25, 0.3) is 11.6 Å². The van der Waals surface area contributed by atoms with E-state index >= 15 is 0 Å². The second-order valence-corrected chi connectivity index (χ2v) is 6.29. The molecule has 0 radical (unpaired) electrons. The average molecular weight is 428 g/mol. The average Bonchev–Trinajstić information content (AvgIpc) is 2.75. The topological polar surface area (TPSA) is 121 Å². The zero-order valence-electron chi connectivity index (χ0n) is 15.5. The summed E-state index contributed by atoms with van der Waals surface area (Å²) in [6.07, 6.45) is 1.33. The number of nitro groups is 1. The van der Waals surface area contributed by atoms with E-state index in [1.807, 2.05) is 0 Å². The van der Waals surface area contributed by atoms with Gasteiger partial charge in [-0.3, -0.25) is 14.9 Å². The summed E-state index contributed by atoms with van der Waals surface area (Å²) in [6, 6.07) is 13.0. The van der Waals surface area contributed by atoms with Gasteiger partial charge in [-0.1, -0.05) is 11.6 Å². The number of benzene rings is 2. The number of carbonyl (C=O) groups is 2. The van der Waals surface area contributed by atoms with Crippen molar-refractivity contribution in [2.75, 3.05) is 12.4 Å². The van der Waals surface area contributed by atoms with Crippen LogP contribution in [-0.4, -0.2) is 28.9 Å². The van der Waals surface area contributed by atoms with Crippen molar-refractivity contribution in [3.05, 3.63) is 87.1 Å². The molecule has 0 bridgehead atoms. The third-order valence-corrected chi connectivity index (χ3v) is 4.23. The van der Waals surface area contributed by atoms with Crippen molar-refractivity contribution in [3.8, 4) is 11.6 Å². The molecule has 1 amide bonds. The Morgan fingerprint density at radius 1 is 1.10 bits per heavy atom. The number of nitro benzene ring substituents is 1. The molecule has 10 heteroatoms. The van der Waals surface area contributed by atoms with Crippen LogP contribution in [0.3, 0.4) is 0 Å². The highest BCUT2D eigenvalue weighted by molar-refractivity contribution is 6.34. The molecule has 0 spiro atoms. The molecule has 0 saturated heterocycles. The highest BCUT2D eigenvalue weighted by atomic mass is 35.5. The summed E-state index contributed by atoms with van der Waals surface area (Å²) >= 11 is 5.98. The molecule has 0 saturated carbocycles. The molecule has 0 aliphatic rings. The summed E-state index contributed by atoms with van der Waals surface area (Å²) in [5.41, 5.74) is 0.478. The summed E-state index contributed by atoms with van der Waals surface area (Å²) in [5.74, 6) is -0.377. The number of carbonyl (C=O) groups excluding carboxylic acids is 2. The maximum absolute atomic E-state index is 12.4. The fourth-order valence-corrected chi connectivity index (χ4v) is 2.61. The molecule has 3 aromatic rings. The summed E-state index contributed by atoms with van der Waals surface area (Å²) in [7, 11) is 1.28. The van der Waals surface area contributed by atoms with Gasteiger partial charge in [-0.15, -0.1) is 0 Å². The normalized spacial score (nSPS) is 10.2. The number of amides is 1. The molecule has 152 valence electrons. The summed E-state index contributed by atoms with van der Waals surface area (Å²) in [4.78, 5) is 38.1. The van der Waals surface area contributed by atoms with Crippen molar-refractivity contribution in [1.82, 2.24) is 4.98 Å². The van der Waals surface area contributed by atoms with E-state index in [1.54, 1.807) is 24.3 Å². The smallest absolute Gasteiger partial charge is 0.339 e. The van der Waals surface area contributed by atoms with Crippen molar-refractivity contribution in [2.45, 2.75) is 0 Å². The molecule has 1 aromatic heterocycles. The van der Waals surface area contributed by atoms with E-state index < -0.39 is 16.8 Å². The molecule has 9 nitrogen and oxygen atoms in total. The van der Waals surface area contributed by atoms with Crippen LogP contribution in [0.2, 0.25) is 5.02 Å². The molecule has 0 unspecified atom stereocenters. The van der Waals surface area contributed by atoms with Crippen molar-refractivity contribution >= 4 is 34.9 Å². The number of nitrogens with zero attached hydrogens (tertiary/aromatic N) is 2. The summed E-state index contributed by atoms with van der Waals surface area (Å²) in [5, 5.41) is 13.6. The Balaban J connectivity index is 1.67. The fraction of sp³-hybridized carbons (Fsp3) is 0.0500. The third kappa shape index (κ3) is 4.89. The zero-order valence-corrected chi connectivity index (χ0v) is 16.3. The first kappa shape index (κ1) is 20.7. The Morgan fingerprint density at radius 3 is 2.43 bits per heavy atom. The van der Waals surface area contributed by atoms with Crippen LogP contribution in [0.25, 0.3) is 0 Å². The fourth-order valence-electron chi connectivity index (χ4n) is 2.41. The van der Waals surface area contributed by atoms with Gasteiger partial charge in [0.1, 0.15) is 5.75 Å².